The van der Waals surface area contributed by atoms with Gasteiger partial charge in [-0.1, -0.05) is 11.6 Å². The third-order valence-electron chi connectivity index (χ3n) is 4.44. The van der Waals surface area contributed by atoms with Crippen molar-refractivity contribution in [1.82, 2.24) is 9.80 Å². The Labute approximate surface area is 158 Å². The van der Waals surface area contributed by atoms with Gasteiger partial charge in [0, 0.05) is 46.1 Å². The third kappa shape index (κ3) is 4.95. The Morgan fingerprint density at radius 2 is 1.85 bits per heavy atom. The number of methoxy groups -OCH3 is 1. The molecule has 1 heterocycles. The van der Waals surface area contributed by atoms with E-state index in [-0.39, 0.29) is 24.8 Å². The van der Waals surface area contributed by atoms with Crippen LogP contribution in [-0.2, 0) is 14.3 Å². The maximum absolute atomic E-state index is 12.4. The van der Waals surface area contributed by atoms with Crippen LogP contribution in [0.25, 0.3) is 0 Å². The van der Waals surface area contributed by atoms with E-state index in [1.165, 1.54) is 31.1 Å². The van der Waals surface area contributed by atoms with Crippen LogP contribution < -0.4 is 4.90 Å². The molecule has 26 heavy (non-hydrogen) atoms. The summed E-state index contributed by atoms with van der Waals surface area (Å²) < 4.78 is 4.71. The third-order valence-corrected chi connectivity index (χ3v) is 4.76. The highest BCUT2D eigenvalue weighted by Crippen LogP contribution is 2.28. The lowest BCUT2D eigenvalue weighted by Gasteiger charge is -2.33. The van der Waals surface area contributed by atoms with Crippen LogP contribution in [0.5, 0.6) is 0 Å². The van der Waals surface area contributed by atoms with Crippen LogP contribution in [0.15, 0.2) is 18.2 Å². The van der Waals surface area contributed by atoms with E-state index >= 15 is 0 Å². The molecule has 2 rings (SSSR count). The molecule has 0 spiro atoms. The minimum atomic E-state index is -0.514. The molecule has 7 nitrogen and oxygen atoms in total. The van der Waals surface area contributed by atoms with Crippen molar-refractivity contribution in [1.29, 1.82) is 0 Å². The Kier molecular flexibility index (Phi) is 6.99. The van der Waals surface area contributed by atoms with Crippen molar-refractivity contribution in [3.05, 3.63) is 28.8 Å². The van der Waals surface area contributed by atoms with Gasteiger partial charge in [-0.25, -0.2) is 4.79 Å². The molecule has 1 aromatic carbocycles. The molecule has 0 N–H and O–H groups in total. The van der Waals surface area contributed by atoms with E-state index in [1.54, 1.807) is 6.07 Å². The largest absolute Gasteiger partial charge is 0.465 e. The number of esters is 1. The molecule has 142 valence electrons. The molecule has 0 saturated carbocycles. The molecular formula is C18H24ClN3O4. The van der Waals surface area contributed by atoms with Crippen LogP contribution in [-0.4, -0.2) is 74.5 Å². The molecule has 1 saturated heterocycles. The summed E-state index contributed by atoms with van der Waals surface area (Å²) in [5.41, 5.74) is 0.691. The lowest BCUT2D eigenvalue weighted by molar-refractivity contribution is -0.132. The van der Waals surface area contributed by atoms with Crippen molar-refractivity contribution in [2.45, 2.75) is 13.3 Å². The van der Waals surface area contributed by atoms with Crippen molar-refractivity contribution in [3.63, 3.8) is 0 Å². The number of nitrogens with zero attached hydrogens (tertiary/aromatic N) is 3. The number of halogens is 1. The maximum atomic E-state index is 12.4. The van der Waals surface area contributed by atoms with Gasteiger partial charge in [0.1, 0.15) is 0 Å². The molecule has 0 unspecified atom stereocenters. The molecule has 0 aromatic heterocycles. The Morgan fingerprint density at radius 1 is 1.19 bits per heavy atom. The number of likely N-dealkylation sites (N-methyl/N-ethyl adjacent to an activating group) is 1. The summed E-state index contributed by atoms with van der Waals surface area (Å²) in [5.74, 6) is -0.760. The van der Waals surface area contributed by atoms with Gasteiger partial charge in [-0.3, -0.25) is 9.59 Å². The second-order valence-corrected chi connectivity index (χ2v) is 6.67. The van der Waals surface area contributed by atoms with Gasteiger partial charge in [-0.2, -0.15) is 0 Å². The van der Waals surface area contributed by atoms with Crippen LogP contribution in [0.2, 0.25) is 5.02 Å². The summed E-state index contributed by atoms with van der Waals surface area (Å²) in [7, 11) is 3.31. The van der Waals surface area contributed by atoms with Gasteiger partial charge in [-0.05, 0) is 25.2 Å². The molecule has 0 bridgehead atoms. The zero-order valence-electron chi connectivity index (χ0n) is 15.3. The normalized spacial score (nSPS) is 14.8. The smallest absolute Gasteiger partial charge is 0.337 e. The number of hydrogen-bond acceptors (Lipinski definition) is 5. The van der Waals surface area contributed by atoms with E-state index in [0.717, 1.165) is 13.1 Å². The molecule has 8 heteroatoms. The first kappa shape index (κ1) is 20.2. The maximum Gasteiger partial charge on any atom is 0.337 e. The number of amides is 2. The lowest BCUT2D eigenvalue weighted by atomic mass is 10.1. The van der Waals surface area contributed by atoms with E-state index in [9.17, 15) is 14.4 Å². The topological polar surface area (TPSA) is 70.2 Å². The van der Waals surface area contributed by atoms with Crippen LogP contribution in [0.4, 0.5) is 5.69 Å². The second-order valence-electron chi connectivity index (χ2n) is 6.26. The predicted molar refractivity (Wildman–Crippen MR) is 99.5 cm³/mol. The summed E-state index contributed by atoms with van der Waals surface area (Å²) in [6.45, 7) is 4.67. The van der Waals surface area contributed by atoms with E-state index in [2.05, 4.69) is 4.90 Å². The van der Waals surface area contributed by atoms with E-state index in [0.29, 0.717) is 29.4 Å². The molecular weight excluding hydrogens is 358 g/mol. The number of anilines is 1. The summed E-state index contributed by atoms with van der Waals surface area (Å²) in [5, 5.41) is 0.333. The Hall–Kier alpha value is -2.12. The SMILES string of the molecule is COC(=O)c1ccc(Cl)c(N(CCC(=O)N2CCN(C)CC2)C(C)=O)c1. The van der Waals surface area contributed by atoms with Gasteiger partial charge in [0.15, 0.2) is 0 Å². The van der Waals surface area contributed by atoms with Gasteiger partial charge < -0.3 is 19.4 Å². The number of hydrogen-bond donors (Lipinski definition) is 0. The monoisotopic (exact) mass is 381 g/mol. The fourth-order valence-corrected chi connectivity index (χ4v) is 3.05. The molecule has 2 amide bonds. The second kappa shape index (κ2) is 9.00. The molecule has 0 aliphatic carbocycles. The van der Waals surface area contributed by atoms with Crippen LogP contribution in [0.1, 0.15) is 23.7 Å². The Bertz CT molecular complexity index is 687. The van der Waals surface area contributed by atoms with Crippen molar-refractivity contribution >= 4 is 35.1 Å². The van der Waals surface area contributed by atoms with Crippen molar-refractivity contribution in [2.24, 2.45) is 0 Å². The molecule has 1 fully saturated rings. The molecule has 0 atom stereocenters. The van der Waals surface area contributed by atoms with E-state index < -0.39 is 5.97 Å². The highest BCUT2D eigenvalue weighted by atomic mass is 35.5. The van der Waals surface area contributed by atoms with Gasteiger partial charge in [0.05, 0.1) is 23.4 Å². The highest BCUT2D eigenvalue weighted by Gasteiger charge is 2.22. The first-order valence-corrected chi connectivity index (χ1v) is 8.83. The van der Waals surface area contributed by atoms with Gasteiger partial charge in [0.2, 0.25) is 11.8 Å². The first-order valence-electron chi connectivity index (χ1n) is 8.45. The lowest BCUT2D eigenvalue weighted by Crippen LogP contribution is -2.47. The first-order chi connectivity index (χ1) is 12.3. The minimum Gasteiger partial charge on any atom is -0.465 e. The van der Waals surface area contributed by atoms with Crippen LogP contribution in [0, 0.1) is 0 Å². The quantitative estimate of drug-likeness (QED) is 0.725. The summed E-state index contributed by atoms with van der Waals surface area (Å²) in [4.78, 5) is 41.7. The van der Waals surface area contributed by atoms with Gasteiger partial charge in [0.25, 0.3) is 0 Å². The number of piperazine rings is 1. The number of carbonyl (C=O) groups excluding carboxylic acids is 3. The van der Waals surface area contributed by atoms with E-state index in [1.807, 2.05) is 11.9 Å². The zero-order chi connectivity index (χ0) is 19.3. The number of benzene rings is 1. The fourth-order valence-electron chi connectivity index (χ4n) is 2.83. The fraction of sp³-hybridized carbons (Fsp3) is 0.500. The molecule has 0 radical (unpaired) electrons. The number of ether oxygens (including phenoxy) is 1. The summed E-state index contributed by atoms with van der Waals surface area (Å²) in [6, 6.07) is 4.59. The van der Waals surface area contributed by atoms with Crippen molar-refractivity contribution in [3.8, 4) is 0 Å². The zero-order valence-corrected chi connectivity index (χ0v) is 16.1. The van der Waals surface area contributed by atoms with Crippen molar-refractivity contribution in [2.75, 3.05) is 51.8 Å². The van der Waals surface area contributed by atoms with Gasteiger partial charge >= 0.3 is 5.97 Å². The average molecular weight is 382 g/mol. The van der Waals surface area contributed by atoms with Crippen molar-refractivity contribution < 1.29 is 19.1 Å². The standard InChI is InChI=1S/C18H24ClN3O4/c1-13(23)22(7-6-17(24)21-10-8-20(2)9-11-21)16-12-14(18(25)26-3)4-5-15(16)19/h4-5,12H,6-11H2,1-3H3. The minimum absolute atomic E-state index is 0.00425. The number of rotatable bonds is 5. The van der Waals surface area contributed by atoms with E-state index in [4.69, 9.17) is 16.3 Å². The molecule has 1 aliphatic rings. The summed E-state index contributed by atoms with van der Waals surface area (Å²) >= 11 is 6.22. The molecule has 1 aromatic rings. The summed E-state index contributed by atoms with van der Waals surface area (Å²) in [6.07, 6.45) is 0.197. The van der Waals surface area contributed by atoms with Crippen LogP contribution in [0.3, 0.4) is 0 Å². The highest BCUT2D eigenvalue weighted by molar-refractivity contribution is 6.34. The molecule has 1 aliphatic heterocycles. The van der Waals surface area contributed by atoms with Crippen LogP contribution >= 0.6 is 11.6 Å². The Balaban J connectivity index is 2.10. The number of carbonyl (C=O) groups is 3. The Morgan fingerprint density at radius 3 is 2.42 bits per heavy atom. The average Bonchev–Trinajstić information content (AvgIpc) is 2.62. The predicted octanol–water partition coefficient (Wildman–Crippen LogP) is 1.64. The van der Waals surface area contributed by atoms with Gasteiger partial charge in [-0.15, -0.1) is 0 Å².